The Morgan fingerprint density at radius 1 is 0.507 bits per heavy atom. The number of phosphoric ester groups is 1. The lowest BCUT2D eigenvalue weighted by Crippen LogP contribution is -2.45. The Kier molecular flexibility index (Phi) is 50.8. The second-order valence-corrected chi connectivity index (χ2v) is 22.4. The minimum absolute atomic E-state index is 0.0147. The van der Waals surface area contributed by atoms with Gasteiger partial charge >= 0.3 is 0 Å². The highest BCUT2D eigenvalue weighted by atomic mass is 31.2. The van der Waals surface area contributed by atoms with E-state index in [9.17, 15) is 19.4 Å². The van der Waals surface area contributed by atoms with E-state index in [1.54, 1.807) is 6.08 Å². The van der Waals surface area contributed by atoms with Crippen LogP contribution >= 0.6 is 7.82 Å². The Morgan fingerprint density at radius 3 is 1.31 bits per heavy atom. The molecule has 0 aromatic heterocycles. The highest BCUT2D eigenvalue weighted by molar-refractivity contribution is 7.45. The van der Waals surface area contributed by atoms with Crippen LogP contribution in [0.3, 0.4) is 0 Å². The van der Waals surface area contributed by atoms with Crippen molar-refractivity contribution in [1.29, 1.82) is 0 Å². The second-order valence-electron chi connectivity index (χ2n) is 20.9. The van der Waals surface area contributed by atoms with Gasteiger partial charge in [-0.15, -0.1) is 0 Å². The largest absolute Gasteiger partial charge is 0.756 e. The van der Waals surface area contributed by atoms with Crippen molar-refractivity contribution >= 4 is 13.7 Å². The van der Waals surface area contributed by atoms with Crippen LogP contribution in [0.2, 0.25) is 0 Å². The molecule has 1 amide bonds. The summed E-state index contributed by atoms with van der Waals surface area (Å²) < 4.78 is 23.3. The molecule has 0 aliphatic carbocycles. The first-order valence-electron chi connectivity index (χ1n) is 29.4. The van der Waals surface area contributed by atoms with Gasteiger partial charge in [0.2, 0.25) is 5.91 Å². The maximum Gasteiger partial charge on any atom is 0.268 e. The predicted octanol–water partition coefficient (Wildman–Crippen LogP) is 17.4. The molecule has 0 bridgehead atoms. The molecule has 0 aliphatic heterocycles. The van der Waals surface area contributed by atoms with Crippen molar-refractivity contribution < 1.29 is 32.9 Å². The third-order valence-electron chi connectivity index (χ3n) is 12.8. The number of carbonyl (C=O) groups excluding carboxylic acids is 1. The first-order chi connectivity index (χ1) is 34.5. The van der Waals surface area contributed by atoms with Crippen molar-refractivity contribution in [1.82, 2.24) is 5.32 Å². The molecule has 0 saturated heterocycles. The number of aliphatic hydroxyl groups excluding tert-OH is 1. The monoisotopic (exact) mass is 1010 g/mol. The summed E-state index contributed by atoms with van der Waals surface area (Å²) in [6.45, 7) is 4.51. The average molecular weight is 1010 g/mol. The molecule has 0 saturated carbocycles. The van der Waals surface area contributed by atoms with Crippen LogP contribution in [0.5, 0.6) is 0 Å². The van der Waals surface area contributed by atoms with Gasteiger partial charge in [-0.3, -0.25) is 9.36 Å². The first-order valence-corrected chi connectivity index (χ1v) is 30.9. The smallest absolute Gasteiger partial charge is 0.268 e. The van der Waals surface area contributed by atoms with E-state index in [4.69, 9.17) is 9.05 Å². The molecule has 0 spiro atoms. The number of hydrogen-bond acceptors (Lipinski definition) is 6. The highest BCUT2D eigenvalue weighted by Crippen LogP contribution is 2.38. The van der Waals surface area contributed by atoms with Gasteiger partial charge in [-0.05, 0) is 83.5 Å². The standard InChI is InChI=1S/C62H113N2O6P/c1-6-8-10-12-14-16-18-20-22-24-26-28-29-30-31-32-33-34-36-37-39-41-43-45-47-49-51-53-55-61(65)60(59-70-71(67,68)69-58-57-64(3,4)5)63-62(66)56-54-52-50-48-46-44-42-40-38-35-27-25-23-21-19-17-15-13-11-9-7-2/h9,11,15,17,21,23,27,35,37,39,45,47,53,55,60-61,65H,6-8,10,12-14,16,18-20,22,24-26,28-34,36,38,40-44,46,48-52,54,56-59H2,1-5H3,(H-,63,66,67,68)/b11-9-,17-15-,23-21-,35-27-,39-37+,47-45+,55-53+. The lowest BCUT2D eigenvalue weighted by Gasteiger charge is -2.29. The van der Waals surface area contributed by atoms with Crippen LogP contribution < -0.4 is 10.2 Å². The van der Waals surface area contributed by atoms with Crippen LogP contribution in [-0.4, -0.2) is 68.5 Å². The number of aliphatic hydroxyl groups is 1. The summed E-state index contributed by atoms with van der Waals surface area (Å²) in [5, 5.41) is 13.9. The zero-order chi connectivity index (χ0) is 52.0. The molecule has 2 N–H and O–H groups in total. The Balaban J connectivity index is 4.29. The molecule has 0 heterocycles. The topological polar surface area (TPSA) is 108 Å². The SMILES string of the molecule is CC/C=C\C/C=C\C/C=C\C/C=C\CCCCCCCCCCC(=O)NC(COP(=O)([O-])OCC[N+](C)(C)C)C(O)/C=C/CC/C=C/CC/C=C/CCCCCCCCCCCCCCCCCCCC. The predicted molar refractivity (Wildman–Crippen MR) is 307 cm³/mol. The molecular weight excluding hydrogens is 900 g/mol. The van der Waals surface area contributed by atoms with Gasteiger partial charge in [0, 0.05) is 6.42 Å². The van der Waals surface area contributed by atoms with E-state index in [1.807, 2.05) is 27.2 Å². The summed E-state index contributed by atoms with van der Waals surface area (Å²) >= 11 is 0. The lowest BCUT2D eigenvalue weighted by molar-refractivity contribution is -0.870. The minimum atomic E-state index is -4.62. The Bertz CT molecular complexity index is 1430. The van der Waals surface area contributed by atoms with E-state index in [2.05, 4.69) is 92.1 Å². The molecule has 0 rings (SSSR count). The van der Waals surface area contributed by atoms with Gasteiger partial charge in [0.15, 0.2) is 0 Å². The number of nitrogens with zero attached hydrogens (tertiary/aromatic N) is 1. The van der Waals surface area contributed by atoms with Crippen LogP contribution in [0.25, 0.3) is 0 Å². The molecule has 3 atom stereocenters. The molecule has 0 radical (unpaired) electrons. The average Bonchev–Trinajstić information content (AvgIpc) is 3.33. The zero-order valence-corrected chi connectivity index (χ0v) is 47.8. The van der Waals surface area contributed by atoms with Gasteiger partial charge in [-0.2, -0.15) is 0 Å². The number of amides is 1. The fourth-order valence-electron chi connectivity index (χ4n) is 8.24. The van der Waals surface area contributed by atoms with Crippen LogP contribution in [-0.2, 0) is 18.4 Å². The Hall–Kier alpha value is -2.32. The Morgan fingerprint density at radius 2 is 0.873 bits per heavy atom. The number of allylic oxidation sites excluding steroid dienone is 13. The number of likely N-dealkylation sites (N-methyl/N-ethyl adjacent to an activating group) is 1. The summed E-state index contributed by atoms with van der Waals surface area (Å²) in [5.41, 5.74) is 0. The van der Waals surface area contributed by atoms with E-state index in [-0.39, 0.29) is 12.5 Å². The second kappa shape index (κ2) is 52.5. The molecule has 3 unspecified atom stereocenters. The van der Waals surface area contributed by atoms with E-state index in [0.717, 1.165) is 83.5 Å². The van der Waals surface area contributed by atoms with E-state index >= 15 is 0 Å². The van der Waals surface area contributed by atoms with E-state index in [0.29, 0.717) is 17.4 Å². The molecular formula is C62H113N2O6P. The number of phosphoric acid groups is 1. The molecule has 0 fully saturated rings. The molecule has 71 heavy (non-hydrogen) atoms. The van der Waals surface area contributed by atoms with Crippen molar-refractivity contribution in [2.45, 2.75) is 264 Å². The quantitative estimate of drug-likeness (QED) is 0.0272. The fraction of sp³-hybridized carbons (Fsp3) is 0.758. The number of carbonyl (C=O) groups is 1. The fourth-order valence-corrected chi connectivity index (χ4v) is 8.96. The highest BCUT2D eigenvalue weighted by Gasteiger charge is 2.23. The van der Waals surface area contributed by atoms with Gasteiger partial charge in [-0.1, -0.05) is 247 Å². The lowest BCUT2D eigenvalue weighted by atomic mass is 10.0. The van der Waals surface area contributed by atoms with Crippen molar-refractivity contribution in [2.24, 2.45) is 0 Å². The summed E-state index contributed by atoms with van der Waals surface area (Å²) in [5.74, 6) is -0.221. The number of quaternary nitrogens is 1. The van der Waals surface area contributed by atoms with Gasteiger partial charge in [0.05, 0.1) is 39.9 Å². The molecule has 412 valence electrons. The van der Waals surface area contributed by atoms with E-state index in [1.165, 1.54) is 148 Å². The van der Waals surface area contributed by atoms with Gasteiger partial charge < -0.3 is 28.8 Å². The summed E-state index contributed by atoms with van der Waals surface area (Å²) in [7, 11) is 1.22. The number of hydrogen-bond donors (Lipinski definition) is 2. The van der Waals surface area contributed by atoms with Crippen molar-refractivity contribution in [3.63, 3.8) is 0 Å². The third-order valence-corrected chi connectivity index (χ3v) is 13.8. The maximum absolute atomic E-state index is 13.0. The first kappa shape index (κ1) is 68.7. The van der Waals surface area contributed by atoms with Crippen molar-refractivity contribution in [3.05, 3.63) is 85.1 Å². The van der Waals surface area contributed by atoms with Crippen molar-refractivity contribution in [2.75, 3.05) is 40.9 Å². The number of rotatable bonds is 53. The number of unbranched alkanes of at least 4 members (excludes halogenated alkanes) is 28. The van der Waals surface area contributed by atoms with Crippen LogP contribution in [0.15, 0.2) is 85.1 Å². The van der Waals surface area contributed by atoms with Gasteiger partial charge in [0.25, 0.3) is 7.82 Å². The van der Waals surface area contributed by atoms with Crippen LogP contribution in [0.1, 0.15) is 251 Å². The van der Waals surface area contributed by atoms with Gasteiger partial charge in [-0.25, -0.2) is 0 Å². The maximum atomic E-state index is 13.0. The minimum Gasteiger partial charge on any atom is -0.756 e. The van der Waals surface area contributed by atoms with Crippen molar-refractivity contribution in [3.8, 4) is 0 Å². The molecule has 0 aromatic rings. The number of nitrogens with one attached hydrogen (secondary N) is 1. The summed E-state index contributed by atoms with van der Waals surface area (Å²) in [4.78, 5) is 25.5. The van der Waals surface area contributed by atoms with Crippen LogP contribution in [0, 0.1) is 0 Å². The normalized spacial score (nSPS) is 14.5. The molecule has 0 aromatic carbocycles. The molecule has 0 aliphatic rings. The zero-order valence-electron chi connectivity index (χ0n) is 46.9. The van der Waals surface area contributed by atoms with E-state index < -0.39 is 26.6 Å². The Labute approximate surface area is 439 Å². The molecule has 8 nitrogen and oxygen atoms in total. The third kappa shape index (κ3) is 55.3. The molecule has 9 heteroatoms. The summed E-state index contributed by atoms with van der Waals surface area (Å²) in [6.07, 6.45) is 73.9. The van der Waals surface area contributed by atoms with Crippen LogP contribution in [0.4, 0.5) is 0 Å². The van der Waals surface area contributed by atoms with Gasteiger partial charge in [0.1, 0.15) is 13.2 Å². The summed E-state index contributed by atoms with van der Waals surface area (Å²) in [6, 6.07) is -0.920.